The van der Waals surface area contributed by atoms with Gasteiger partial charge in [-0.1, -0.05) is 70.2 Å². The van der Waals surface area contributed by atoms with E-state index in [1.54, 1.807) is 64.3 Å². The number of carbonyl (C=O) groups excluding carboxylic acids is 12. The third-order valence-corrected chi connectivity index (χ3v) is 14.8. The predicted octanol–water partition coefficient (Wildman–Crippen LogP) is -8.73. The van der Waals surface area contributed by atoms with Crippen LogP contribution < -0.4 is 81.4 Å². The minimum Gasteiger partial charge on any atom is -0.508 e. The van der Waals surface area contributed by atoms with Crippen LogP contribution in [0.15, 0.2) is 59.6 Å². The number of benzene rings is 2. The van der Waals surface area contributed by atoms with Crippen LogP contribution in [0.25, 0.3) is 0 Å². The van der Waals surface area contributed by atoms with Gasteiger partial charge in [0, 0.05) is 19.4 Å². The Hall–Kier alpha value is -9.27. The van der Waals surface area contributed by atoms with Gasteiger partial charge in [0.1, 0.15) is 72.2 Å². The van der Waals surface area contributed by atoms with Crippen molar-refractivity contribution in [1.82, 2.24) is 58.5 Å². The molecule has 36 nitrogen and oxygen atoms in total. The lowest BCUT2D eigenvalue weighted by Gasteiger charge is -2.28. The molecule has 0 unspecified atom stereocenters. The summed E-state index contributed by atoms with van der Waals surface area (Å²) in [6.45, 7) is 1.19. The highest BCUT2D eigenvalue weighted by atomic mass is 32.2. The fourth-order valence-corrected chi connectivity index (χ4v) is 9.25. The minimum atomic E-state index is -1.94. The number of rotatable bonds is 44. The van der Waals surface area contributed by atoms with Crippen LogP contribution in [0.1, 0.15) is 70.9 Å². The molecule has 12 amide bonds. The summed E-state index contributed by atoms with van der Waals surface area (Å²) in [7, 11) is 0. The number of amides is 12. The van der Waals surface area contributed by atoms with Crippen molar-refractivity contribution in [3.8, 4) is 5.75 Å². The number of nitrogens with two attached hydrogens (primary N) is 4. The zero-order valence-corrected chi connectivity index (χ0v) is 54.6. The van der Waals surface area contributed by atoms with Crippen molar-refractivity contribution in [1.29, 1.82) is 0 Å². The number of hydrogen-bond donors (Lipinski definition) is 22. The first-order valence-corrected chi connectivity index (χ1v) is 31.7. The smallest absolute Gasteiger partial charge is 0.328 e. The number of hydrogen-bond acceptors (Lipinski definition) is 22. The van der Waals surface area contributed by atoms with Gasteiger partial charge in [-0.05, 0) is 72.8 Å². The number of phenols is 1. The third kappa shape index (κ3) is 29.6. The Labute approximate surface area is 557 Å². The minimum absolute atomic E-state index is 0.0251. The highest BCUT2D eigenvalue weighted by Crippen LogP contribution is 2.15. The summed E-state index contributed by atoms with van der Waals surface area (Å²) in [4.78, 5) is 179. The first-order chi connectivity index (χ1) is 45.3. The average Bonchev–Trinajstić information content (AvgIpc) is 0.892. The van der Waals surface area contributed by atoms with Gasteiger partial charge in [-0.2, -0.15) is 11.8 Å². The molecule has 0 bridgehead atoms. The van der Waals surface area contributed by atoms with Crippen molar-refractivity contribution in [2.75, 3.05) is 51.6 Å². The molecule has 12 atom stereocenters. The Morgan fingerprint density at radius 3 is 1.19 bits per heavy atom. The van der Waals surface area contributed by atoms with E-state index in [-0.39, 0.29) is 74.4 Å². The predicted molar refractivity (Wildman–Crippen MR) is 345 cm³/mol. The summed E-state index contributed by atoms with van der Waals surface area (Å²) in [5.41, 5.74) is 22.9. The van der Waals surface area contributed by atoms with Gasteiger partial charge in [-0.3, -0.25) is 62.5 Å². The molecule has 37 heteroatoms. The van der Waals surface area contributed by atoms with Crippen LogP contribution in [0.5, 0.6) is 5.75 Å². The van der Waals surface area contributed by atoms with E-state index in [0.29, 0.717) is 11.1 Å². The monoisotopic (exact) mass is 1380 g/mol. The average molecular weight is 1380 g/mol. The molecule has 0 spiro atoms. The second-order valence-electron chi connectivity index (χ2n) is 22.8. The zero-order valence-electron chi connectivity index (χ0n) is 53.8. The third-order valence-electron chi connectivity index (χ3n) is 14.2. The fourth-order valence-electron chi connectivity index (χ4n) is 8.78. The van der Waals surface area contributed by atoms with Crippen LogP contribution in [0.2, 0.25) is 0 Å². The van der Waals surface area contributed by atoms with Gasteiger partial charge in [-0.25, -0.2) is 4.79 Å². The molecule has 0 heterocycles. The number of guanidine groups is 1. The molecule has 0 fully saturated rings. The van der Waals surface area contributed by atoms with E-state index in [4.69, 9.17) is 22.9 Å². The summed E-state index contributed by atoms with van der Waals surface area (Å²) in [6.07, 6.45) is -0.348. The number of aliphatic hydroxyl groups is 5. The maximum atomic E-state index is 14.7. The van der Waals surface area contributed by atoms with E-state index in [1.807, 2.05) is 0 Å². The summed E-state index contributed by atoms with van der Waals surface area (Å²) in [5, 5.41) is 95.4. The molecular weight excluding hydrogens is 1280 g/mol. The SMILES string of the molecule is CSCC[C@H](NC(=O)[C@H](CC(N)=O)NC(=O)[C@H](CO)NC(=O)[C@H](CO)NC(=O)[C@@H](N)C(C)C)C(=O)N[C@@H](Cc1ccc(O)cc1)C(=O)N[C@@H](Cc1ccccc1)C(=O)N[C@@H](CO)C(=O)N[C@@H](CO)C(=O)N[C@@H](CCCN=C(N)N)C(=O)N[C@@H](CC(C)C)C(=O)N[C@@H](CO)C(=O)O. The number of primary amides is 1. The van der Waals surface area contributed by atoms with Gasteiger partial charge < -0.3 is 117 Å². The Bertz CT molecular complexity index is 2960. The number of carbonyl (C=O) groups is 13. The van der Waals surface area contributed by atoms with Crippen molar-refractivity contribution in [3.05, 3.63) is 65.7 Å². The van der Waals surface area contributed by atoms with Crippen LogP contribution in [-0.2, 0) is 75.2 Å². The molecule has 0 saturated carbocycles. The number of phenolic OH excluding ortho intramolecular Hbond substituents is 1. The van der Waals surface area contributed by atoms with Gasteiger partial charge in [0.2, 0.25) is 70.9 Å². The summed E-state index contributed by atoms with van der Waals surface area (Å²) >= 11 is 1.22. The molecule has 0 aromatic heterocycles. The Kier molecular flexibility index (Phi) is 37.0. The zero-order chi connectivity index (χ0) is 72.4. The molecule has 0 saturated heterocycles. The van der Waals surface area contributed by atoms with E-state index >= 15 is 0 Å². The second kappa shape index (κ2) is 42.9. The molecule has 0 aliphatic heterocycles. The Morgan fingerprint density at radius 2 is 0.792 bits per heavy atom. The number of aliphatic carboxylic acids is 1. The van der Waals surface area contributed by atoms with Crippen LogP contribution in [-0.4, -0.2) is 243 Å². The van der Waals surface area contributed by atoms with Crippen molar-refractivity contribution < 1.29 is 98.1 Å². The molecule has 534 valence electrons. The van der Waals surface area contributed by atoms with Crippen molar-refractivity contribution in [3.63, 3.8) is 0 Å². The molecule has 2 rings (SSSR count). The maximum absolute atomic E-state index is 14.7. The van der Waals surface area contributed by atoms with Crippen LogP contribution in [0, 0.1) is 11.8 Å². The van der Waals surface area contributed by atoms with Crippen LogP contribution >= 0.6 is 11.8 Å². The molecular formula is C59H92N16O20S. The maximum Gasteiger partial charge on any atom is 0.328 e. The van der Waals surface area contributed by atoms with Crippen LogP contribution in [0.3, 0.4) is 0 Å². The topological polar surface area (TPSA) is 612 Å². The van der Waals surface area contributed by atoms with E-state index in [2.05, 4.69) is 63.5 Å². The highest BCUT2D eigenvalue weighted by Gasteiger charge is 2.37. The highest BCUT2D eigenvalue weighted by molar-refractivity contribution is 7.98. The first-order valence-electron chi connectivity index (χ1n) is 30.3. The molecule has 0 aliphatic carbocycles. The van der Waals surface area contributed by atoms with Crippen molar-refractivity contribution in [2.45, 2.75) is 145 Å². The van der Waals surface area contributed by atoms with Crippen molar-refractivity contribution >= 4 is 94.6 Å². The van der Waals surface area contributed by atoms with Crippen LogP contribution in [0.4, 0.5) is 0 Å². The van der Waals surface area contributed by atoms with Gasteiger partial charge in [0.15, 0.2) is 5.96 Å². The number of nitrogens with zero attached hydrogens (tertiary/aromatic N) is 1. The molecule has 2 aromatic rings. The lowest BCUT2D eigenvalue weighted by molar-refractivity contribution is -0.143. The summed E-state index contributed by atoms with van der Waals surface area (Å²) in [6, 6.07) is -6.53. The van der Waals surface area contributed by atoms with Gasteiger partial charge in [0.25, 0.3) is 0 Å². The van der Waals surface area contributed by atoms with E-state index in [1.165, 1.54) is 36.0 Å². The molecule has 96 heavy (non-hydrogen) atoms. The lowest BCUT2D eigenvalue weighted by atomic mass is 10.0. The van der Waals surface area contributed by atoms with Gasteiger partial charge in [0.05, 0.1) is 45.5 Å². The molecule has 0 aliphatic rings. The van der Waals surface area contributed by atoms with Crippen molar-refractivity contribution in [2.24, 2.45) is 39.8 Å². The van der Waals surface area contributed by atoms with E-state index in [0.717, 1.165) is 0 Å². The van der Waals surface area contributed by atoms with Gasteiger partial charge in [-0.15, -0.1) is 0 Å². The number of carboxylic acids is 1. The normalized spacial score (nSPS) is 14.8. The fraction of sp³-hybridized carbons (Fsp3) is 0.559. The number of nitrogens with one attached hydrogen (secondary N) is 11. The van der Waals surface area contributed by atoms with Gasteiger partial charge >= 0.3 is 5.97 Å². The second-order valence-corrected chi connectivity index (χ2v) is 23.8. The number of aliphatic imine (C=N–C) groups is 1. The quantitative estimate of drug-likeness (QED) is 0.0166. The standard InChI is InChI=1S/C59H92N16O20S/c1-29(2)20-36(49(85)75-44(28-80)58(94)95)67-47(83)34(12-9-18-64-59(62)63)65-53(89)40(24-76)72-55(91)42(26-78)71-51(87)37(21-31-10-7-6-8-11-31)69-50(86)38(22-32-13-15-33(81)16-14-32)68-48(84)35(17-19-96-5)66-52(88)39(23-45(60)82)70-54(90)41(25-77)73-56(92)43(27-79)74-57(93)46(61)30(3)4/h6-8,10-11,13-16,29-30,34-44,46,76-81H,9,12,17-28,61H2,1-5H3,(H2,60,82)(H,65,89)(H,66,88)(H,67,83)(H,68,84)(H,69,86)(H,70,90)(H,71,87)(H,72,91)(H,73,92)(H,74,93)(H,75,85)(H,94,95)(H4,62,63,64)/t34-,35-,36-,37-,38-,39-,40-,41-,42-,43-,44-,46-/m0/s1. The number of thioether (sulfide) groups is 1. The molecule has 0 radical (unpaired) electrons. The van der Waals surface area contributed by atoms with E-state index in [9.17, 15) is 98.1 Å². The molecule has 26 N–H and O–H groups in total. The summed E-state index contributed by atoms with van der Waals surface area (Å²) < 4.78 is 0. The number of aliphatic hydroxyl groups excluding tert-OH is 5. The largest absolute Gasteiger partial charge is 0.508 e. The lowest BCUT2D eigenvalue weighted by Crippen LogP contribution is -2.62. The van der Waals surface area contributed by atoms with E-state index < -0.39 is 189 Å². The first kappa shape index (κ1) is 82.8. The number of aromatic hydroxyl groups is 1. The summed E-state index contributed by atoms with van der Waals surface area (Å²) in [5.74, 6) is -15.8. The Balaban J connectivity index is 2.52. The Morgan fingerprint density at radius 1 is 0.448 bits per heavy atom. The number of carboxylic acid groups (broad SMARTS) is 1. The molecule has 2 aromatic carbocycles.